The third-order valence-electron chi connectivity index (χ3n) is 8.95. The van der Waals surface area contributed by atoms with Gasteiger partial charge >= 0.3 is 0 Å². The number of aromatic hydroxyl groups is 1. The van der Waals surface area contributed by atoms with Gasteiger partial charge in [0.1, 0.15) is 5.75 Å². The summed E-state index contributed by atoms with van der Waals surface area (Å²) >= 11 is 0. The lowest BCUT2D eigenvalue weighted by Crippen LogP contribution is -2.73. The minimum Gasteiger partial charge on any atom is -0.507 e. The van der Waals surface area contributed by atoms with E-state index in [2.05, 4.69) is 4.98 Å². The summed E-state index contributed by atoms with van der Waals surface area (Å²) in [6.45, 7) is 5.77. The molecular formula is C28H31N3O7. The van der Waals surface area contributed by atoms with Crippen LogP contribution in [-0.4, -0.2) is 54.4 Å². The molecule has 5 rings (SSSR count). The summed E-state index contributed by atoms with van der Waals surface area (Å²) in [5.41, 5.74) is 3.01. The molecule has 1 aromatic heterocycles. The topological polar surface area (TPSA) is 170 Å². The molecule has 0 radical (unpaired) electrons. The Hall–Kier alpha value is -3.66. The molecule has 3 aliphatic rings. The van der Waals surface area contributed by atoms with E-state index in [9.17, 15) is 34.2 Å². The first-order valence-corrected chi connectivity index (χ1v) is 12.9. The smallest absolute Gasteiger partial charge is 0.235 e. The van der Waals surface area contributed by atoms with Gasteiger partial charge in [0.25, 0.3) is 0 Å². The molecule has 200 valence electrons. The predicted molar refractivity (Wildman–Crippen MR) is 133 cm³/mol. The summed E-state index contributed by atoms with van der Waals surface area (Å²) in [4.78, 5) is 71.5. The number of aromatic nitrogens is 2. The highest BCUT2D eigenvalue weighted by atomic mass is 16.3. The van der Waals surface area contributed by atoms with E-state index in [-0.39, 0.29) is 43.0 Å². The molecule has 10 heteroatoms. The number of fused-ring (bicyclic) bond motifs is 3. The van der Waals surface area contributed by atoms with Crippen LogP contribution < -0.4 is 5.73 Å². The van der Waals surface area contributed by atoms with E-state index in [1.165, 1.54) is 6.07 Å². The van der Waals surface area contributed by atoms with Gasteiger partial charge < -0.3 is 20.5 Å². The summed E-state index contributed by atoms with van der Waals surface area (Å²) < 4.78 is 1.74. The number of hydrogen-bond donors (Lipinski definition) is 3. The zero-order valence-electron chi connectivity index (χ0n) is 21.5. The highest BCUT2D eigenvalue weighted by Crippen LogP contribution is 2.58. The summed E-state index contributed by atoms with van der Waals surface area (Å²) in [5.74, 6) is -10.8. The van der Waals surface area contributed by atoms with Crippen LogP contribution in [0.2, 0.25) is 0 Å². The van der Waals surface area contributed by atoms with Gasteiger partial charge in [-0.05, 0) is 42.4 Å². The number of ketones is 4. The number of nitrogens with zero attached hydrogens (tertiary/aromatic N) is 2. The van der Waals surface area contributed by atoms with Crippen molar-refractivity contribution >= 4 is 29.0 Å². The Morgan fingerprint density at radius 2 is 1.92 bits per heavy atom. The molecule has 0 spiro atoms. The molecule has 1 heterocycles. The van der Waals surface area contributed by atoms with Gasteiger partial charge in [-0.3, -0.25) is 24.0 Å². The van der Waals surface area contributed by atoms with Crippen LogP contribution in [0, 0.1) is 29.1 Å². The second kappa shape index (κ2) is 8.69. The Balaban J connectivity index is 1.77. The highest BCUT2D eigenvalue weighted by molar-refractivity contribution is 6.32. The average Bonchev–Trinajstić information content (AvgIpc) is 3.34. The van der Waals surface area contributed by atoms with Gasteiger partial charge in [0.05, 0.1) is 17.8 Å². The molecule has 0 bridgehead atoms. The third-order valence-corrected chi connectivity index (χ3v) is 8.95. The number of aliphatic hydroxyl groups is 1. The summed E-state index contributed by atoms with van der Waals surface area (Å²) in [7, 11) is 0. The van der Waals surface area contributed by atoms with E-state index in [4.69, 9.17) is 5.73 Å². The second-order valence-corrected chi connectivity index (χ2v) is 11.3. The summed E-state index contributed by atoms with van der Waals surface area (Å²) in [5, 5.41) is 22.6. The SMILES string of the molecule is CCC1C(=O)C(C(N)=O)C(=O)C2(O)C(=O)C3C(=O)c4c(O)ccc(C(C)C)c4CC3(Cn3ccnc3)CC12. The minimum absolute atomic E-state index is 0.00206. The third kappa shape index (κ3) is 3.35. The molecule has 3 aliphatic carbocycles. The molecule has 1 aromatic carbocycles. The molecule has 2 fully saturated rings. The molecule has 2 aromatic rings. The Morgan fingerprint density at radius 1 is 1.21 bits per heavy atom. The fourth-order valence-electron chi connectivity index (χ4n) is 7.32. The molecule has 2 saturated carbocycles. The molecule has 4 N–H and O–H groups in total. The first kappa shape index (κ1) is 26.0. The molecule has 38 heavy (non-hydrogen) atoms. The summed E-state index contributed by atoms with van der Waals surface area (Å²) in [6, 6.07) is 3.18. The van der Waals surface area contributed by atoms with Crippen LogP contribution in [-0.2, 0) is 32.1 Å². The Morgan fingerprint density at radius 3 is 2.50 bits per heavy atom. The first-order valence-electron chi connectivity index (χ1n) is 12.9. The van der Waals surface area contributed by atoms with Crippen molar-refractivity contribution in [2.24, 2.45) is 34.8 Å². The lowest BCUT2D eigenvalue weighted by molar-refractivity contribution is -0.186. The second-order valence-electron chi connectivity index (χ2n) is 11.3. The number of rotatable bonds is 5. The first-order chi connectivity index (χ1) is 17.9. The number of nitrogens with two attached hydrogens (primary N) is 1. The van der Waals surface area contributed by atoms with E-state index in [0.717, 1.165) is 5.56 Å². The van der Waals surface area contributed by atoms with Crippen molar-refractivity contribution in [1.29, 1.82) is 0 Å². The number of phenols is 1. The number of carbonyl (C=O) groups excluding carboxylic acids is 5. The van der Waals surface area contributed by atoms with E-state index in [0.29, 0.717) is 5.56 Å². The molecule has 10 nitrogen and oxygen atoms in total. The maximum absolute atomic E-state index is 14.3. The Bertz CT molecular complexity index is 1380. The quantitative estimate of drug-likeness (QED) is 0.495. The van der Waals surface area contributed by atoms with Crippen LogP contribution >= 0.6 is 0 Å². The van der Waals surface area contributed by atoms with Gasteiger partial charge in [-0.2, -0.15) is 0 Å². The standard InChI is InChI=1S/C28H31N3O7/c1-4-14-17-10-27(11-31-8-7-30-12-31)9-16-15(13(2)3)5-6-18(32)19(16)23(34)21(27)25(36)28(17,38)24(35)20(22(14)33)26(29)37/h5-8,12-14,17,20-21,32,38H,4,9-11H2,1-3H3,(H2,29,37). The number of imidazole rings is 1. The number of hydrogen-bond acceptors (Lipinski definition) is 8. The van der Waals surface area contributed by atoms with Crippen molar-refractivity contribution in [2.75, 3.05) is 0 Å². The highest BCUT2D eigenvalue weighted by Gasteiger charge is 2.71. The predicted octanol–water partition coefficient (Wildman–Crippen LogP) is 1.35. The van der Waals surface area contributed by atoms with Crippen LogP contribution in [0.4, 0.5) is 0 Å². The van der Waals surface area contributed by atoms with Gasteiger partial charge in [0.15, 0.2) is 34.7 Å². The van der Waals surface area contributed by atoms with E-state index in [1.54, 1.807) is 36.3 Å². The number of phenolic OH excluding ortho intramolecular Hbond substituents is 1. The fourth-order valence-corrected chi connectivity index (χ4v) is 7.32. The van der Waals surface area contributed by atoms with Crippen LogP contribution in [0.5, 0.6) is 5.75 Å². The number of Topliss-reactive ketones (excluding diaryl/α,β-unsaturated/α-hetero) is 4. The number of benzene rings is 1. The van der Waals surface area contributed by atoms with Gasteiger partial charge in [-0.25, -0.2) is 4.98 Å². The van der Waals surface area contributed by atoms with Crippen LogP contribution in [0.3, 0.4) is 0 Å². The Kier molecular flexibility index (Phi) is 5.94. The van der Waals surface area contributed by atoms with Crippen molar-refractivity contribution < 1.29 is 34.2 Å². The Labute approximate surface area is 219 Å². The lowest BCUT2D eigenvalue weighted by Gasteiger charge is -2.56. The zero-order chi connectivity index (χ0) is 27.7. The van der Waals surface area contributed by atoms with Gasteiger partial charge in [0.2, 0.25) is 5.91 Å². The van der Waals surface area contributed by atoms with Crippen molar-refractivity contribution in [1.82, 2.24) is 9.55 Å². The van der Waals surface area contributed by atoms with E-state index < -0.39 is 63.7 Å². The lowest BCUT2D eigenvalue weighted by atomic mass is 9.45. The number of primary amides is 1. The zero-order valence-corrected chi connectivity index (χ0v) is 21.5. The molecule has 0 saturated heterocycles. The molecule has 6 unspecified atom stereocenters. The molecule has 0 aliphatic heterocycles. The number of amides is 1. The monoisotopic (exact) mass is 521 g/mol. The molecule has 6 atom stereocenters. The van der Waals surface area contributed by atoms with Crippen molar-refractivity contribution in [3.63, 3.8) is 0 Å². The minimum atomic E-state index is -2.73. The maximum atomic E-state index is 14.3. The van der Waals surface area contributed by atoms with Crippen LogP contribution in [0.1, 0.15) is 61.0 Å². The fraction of sp³-hybridized carbons (Fsp3) is 0.500. The van der Waals surface area contributed by atoms with Crippen molar-refractivity contribution in [2.45, 2.75) is 58.1 Å². The average molecular weight is 522 g/mol. The maximum Gasteiger partial charge on any atom is 0.235 e. The number of carbonyl (C=O) groups is 5. The van der Waals surface area contributed by atoms with Gasteiger partial charge in [-0.15, -0.1) is 0 Å². The van der Waals surface area contributed by atoms with E-state index in [1.807, 2.05) is 13.8 Å². The molecular weight excluding hydrogens is 490 g/mol. The largest absolute Gasteiger partial charge is 0.507 e. The van der Waals surface area contributed by atoms with Gasteiger partial charge in [0, 0.05) is 36.2 Å². The van der Waals surface area contributed by atoms with Crippen molar-refractivity contribution in [3.8, 4) is 5.75 Å². The van der Waals surface area contributed by atoms with Crippen LogP contribution in [0.25, 0.3) is 0 Å². The van der Waals surface area contributed by atoms with Crippen LogP contribution in [0.15, 0.2) is 30.9 Å². The van der Waals surface area contributed by atoms with Crippen molar-refractivity contribution in [3.05, 3.63) is 47.5 Å². The normalized spacial score (nSPS) is 32.7. The van der Waals surface area contributed by atoms with E-state index >= 15 is 0 Å². The summed E-state index contributed by atoms with van der Waals surface area (Å²) in [6.07, 6.45) is 5.19. The molecule has 1 amide bonds. The van der Waals surface area contributed by atoms with Gasteiger partial charge in [-0.1, -0.05) is 26.8 Å².